The molecule has 0 saturated carbocycles. The van der Waals surface area contributed by atoms with Crippen molar-refractivity contribution in [1.29, 1.82) is 0 Å². The Morgan fingerprint density at radius 2 is 2.00 bits per heavy atom. The van der Waals surface area contributed by atoms with E-state index in [-0.39, 0.29) is 5.75 Å². The number of para-hydroxylation sites is 1. The van der Waals surface area contributed by atoms with Crippen LogP contribution >= 0.6 is 0 Å². The lowest BCUT2D eigenvalue weighted by Gasteiger charge is -2.24. The molecule has 2 N–H and O–H groups in total. The fraction of sp³-hybridized carbons (Fsp3) is 0.400. The molecule has 0 amide bonds. The molecule has 0 radical (unpaired) electrons. The summed E-state index contributed by atoms with van der Waals surface area (Å²) >= 11 is 0. The van der Waals surface area contributed by atoms with Crippen LogP contribution in [0.3, 0.4) is 0 Å². The van der Waals surface area contributed by atoms with E-state index in [1.54, 1.807) is 26.0 Å². The molecule has 4 heteroatoms. The summed E-state index contributed by atoms with van der Waals surface area (Å²) in [6, 6.07) is 4.64. The van der Waals surface area contributed by atoms with E-state index in [0.29, 0.717) is 5.56 Å². The van der Waals surface area contributed by atoms with Crippen molar-refractivity contribution in [3.05, 3.63) is 29.6 Å². The fourth-order valence-corrected chi connectivity index (χ4v) is 1.25. The number of methoxy groups -OCH3 is 1. The Morgan fingerprint density at radius 3 is 2.50 bits per heavy atom. The average molecular weight is 199 g/mol. The zero-order chi connectivity index (χ0) is 10.8. The Bertz CT molecular complexity index is 326. The molecule has 0 atom stereocenters. The van der Waals surface area contributed by atoms with Crippen molar-refractivity contribution < 1.29 is 14.0 Å². The lowest BCUT2D eigenvalue weighted by atomic mass is 9.97. The molecular formula is C10H14FNO2. The van der Waals surface area contributed by atoms with Crippen molar-refractivity contribution in [3.63, 3.8) is 0 Å². The molecule has 3 nitrogen and oxygen atoms in total. The molecule has 0 unspecified atom stereocenters. The van der Waals surface area contributed by atoms with Crippen LogP contribution < -0.4 is 10.6 Å². The maximum atomic E-state index is 13.3. The lowest BCUT2D eigenvalue weighted by Crippen LogP contribution is -2.26. The molecule has 0 bridgehead atoms. The number of ether oxygens (including phenoxy) is 1. The van der Waals surface area contributed by atoms with E-state index in [9.17, 15) is 4.39 Å². The van der Waals surface area contributed by atoms with Gasteiger partial charge in [-0.2, -0.15) is 0 Å². The third-order valence-electron chi connectivity index (χ3n) is 2.11. The maximum absolute atomic E-state index is 13.3. The fourth-order valence-electron chi connectivity index (χ4n) is 1.25. The van der Waals surface area contributed by atoms with Gasteiger partial charge < -0.3 is 4.74 Å². The molecule has 14 heavy (non-hydrogen) atoms. The van der Waals surface area contributed by atoms with Crippen molar-refractivity contribution >= 4 is 0 Å². The van der Waals surface area contributed by atoms with Gasteiger partial charge in [-0.3, -0.25) is 4.84 Å². The van der Waals surface area contributed by atoms with Gasteiger partial charge in [0, 0.05) is 5.56 Å². The van der Waals surface area contributed by atoms with E-state index in [1.165, 1.54) is 13.2 Å². The van der Waals surface area contributed by atoms with Gasteiger partial charge in [0.15, 0.2) is 11.6 Å². The zero-order valence-corrected chi connectivity index (χ0v) is 8.50. The quantitative estimate of drug-likeness (QED) is 0.757. The van der Waals surface area contributed by atoms with Gasteiger partial charge in [0.25, 0.3) is 0 Å². The highest BCUT2D eigenvalue weighted by Gasteiger charge is 2.26. The average Bonchev–Trinajstić information content (AvgIpc) is 2.17. The highest BCUT2D eigenvalue weighted by molar-refractivity contribution is 5.38. The molecule has 1 aromatic rings. The molecule has 1 rings (SSSR count). The summed E-state index contributed by atoms with van der Waals surface area (Å²) in [4.78, 5) is 4.77. The molecule has 0 fully saturated rings. The SMILES string of the molecule is COc1c(F)cccc1C(C)(C)ON. The predicted octanol–water partition coefficient (Wildman–Crippen LogP) is 1.96. The summed E-state index contributed by atoms with van der Waals surface area (Å²) in [5, 5.41) is 0. The van der Waals surface area contributed by atoms with Crippen LogP contribution in [0.5, 0.6) is 5.75 Å². The number of hydrogen-bond donors (Lipinski definition) is 1. The Kier molecular flexibility index (Phi) is 3.08. The maximum Gasteiger partial charge on any atom is 0.165 e. The monoisotopic (exact) mass is 199 g/mol. The molecule has 0 spiro atoms. The number of halogens is 1. The highest BCUT2D eigenvalue weighted by atomic mass is 19.1. The van der Waals surface area contributed by atoms with Gasteiger partial charge in [-0.25, -0.2) is 10.3 Å². The highest BCUT2D eigenvalue weighted by Crippen LogP contribution is 2.33. The van der Waals surface area contributed by atoms with Gasteiger partial charge in [-0.05, 0) is 19.9 Å². The van der Waals surface area contributed by atoms with Crippen LogP contribution in [0.2, 0.25) is 0 Å². The first-order valence-corrected chi connectivity index (χ1v) is 4.24. The Hall–Kier alpha value is -1.13. The smallest absolute Gasteiger partial charge is 0.165 e. The molecule has 78 valence electrons. The largest absolute Gasteiger partial charge is 0.493 e. The number of rotatable bonds is 3. The third kappa shape index (κ3) is 1.86. The predicted molar refractivity (Wildman–Crippen MR) is 51.3 cm³/mol. The minimum absolute atomic E-state index is 0.169. The summed E-state index contributed by atoms with van der Waals surface area (Å²) in [6.07, 6.45) is 0. The Balaban J connectivity index is 3.27. The molecule has 0 aliphatic rings. The van der Waals surface area contributed by atoms with Crippen molar-refractivity contribution in [2.75, 3.05) is 7.11 Å². The van der Waals surface area contributed by atoms with Gasteiger partial charge >= 0.3 is 0 Å². The summed E-state index contributed by atoms with van der Waals surface area (Å²) < 4.78 is 18.2. The second-order valence-corrected chi connectivity index (χ2v) is 3.45. The number of benzene rings is 1. The van der Waals surface area contributed by atoms with Crippen molar-refractivity contribution in [1.82, 2.24) is 0 Å². The summed E-state index contributed by atoms with van der Waals surface area (Å²) in [7, 11) is 1.41. The van der Waals surface area contributed by atoms with Gasteiger partial charge in [0.1, 0.15) is 5.60 Å². The van der Waals surface area contributed by atoms with Crippen molar-refractivity contribution in [2.45, 2.75) is 19.4 Å². The normalized spacial score (nSPS) is 11.5. The molecule has 0 aromatic heterocycles. The van der Waals surface area contributed by atoms with Crippen LogP contribution in [0.25, 0.3) is 0 Å². The topological polar surface area (TPSA) is 44.5 Å². The first kappa shape index (κ1) is 10.9. The first-order valence-electron chi connectivity index (χ1n) is 4.24. The van der Waals surface area contributed by atoms with Crippen molar-refractivity contribution in [3.8, 4) is 5.75 Å². The summed E-state index contributed by atoms with van der Waals surface area (Å²) in [5.74, 6) is 4.88. The van der Waals surface area contributed by atoms with Crippen LogP contribution in [-0.4, -0.2) is 7.11 Å². The molecular weight excluding hydrogens is 185 g/mol. The zero-order valence-electron chi connectivity index (χ0n) is 8.50. The Labute approximate surface area is 82.6 Å². The van der Waals surface area contributed by atoms with Gasteiger partial charge in [-0.15, -0.1) is 0 Å². The summed E-state index contributed by atoms with van der Waals surface area (Å²) in [6.45, 7) is 3.48. The standard InChI is InChI=1S/C10H14FNO2/c1-10(2,14-12)7-5-4-6-8(11)9(7)13-3/h4-6H,12H2,1-3H3. The minimum atomic E-state index is -0.770. The van der Waals surface area contributed by atoms with E-state index in [2.05, 4.69) is 0 Å². The van der Waals surface area contributed by atoms with Gasteiger partial charge in [0.05, 0.1) is 7.11 Å². The molecule has 0 aliphatic heterocycles. The number of nitrogens with two attached hydrogens (primary N) is 1. The second-order valence-electron chi connectivity index (χ2n) is 3.45. The van der Waals surface area contributed by atoms with E-state index in [1.807, 2.05) is 0 Å². The van der Waals surface area contributed by atoms with Crippen LogP contribution in [0.4, 0.5) is 4.39 Å². The third-order valence-corrected chi connectivity index (χ3v) is 2.11. The lowest BCUT2D eigenvalue weighted by molar-refractivity contribution is -0.0253. The van der Waals surface area contributed by atoms with E-state index in [0.717, 1.165) is 0 Å². The molecule has 0 aliphatic carbocycles. The number of hydrogen-bond acceptors (Lipinski definition) is 3. The van der Waals surface area contributed by atoms with Crippen molar-refractivity contribution in [2.24, 2.45) is 5.90 Å². The van der Waals surface area contributed by atoms with E-state index in [4.69, 9.17) is 15.5 Å². The van der Waals surface area contributed by atoms with E-state index >= 15 is 0 Å². The second kappa shape index (κ2) is 3.94. The van der Waals surface area contributed by atoms with Crippen LogP contribution in [-0.2, 0) is 10.4 Å². The molecule has 1 aromatic carbocycles. The van der Waals surface area contributed by atoms with Gasteiger partial charge in [-0.1, -0.05) is 12.1 Å². The minimum Gasteiger partial charge on any atom is -0.493 e. The Morgan fingerprint density at radius 1 is 1.36 bits per heavy atom. The van der Waals surface area contributed by atoms with E-state index < -0.39 is 11.4 Å². The van der Waals surface area contributed by atoms with Gasteiger partial charge in [0.2, 0.25) is 0 Å². The van der Waals surface area contributed by atoms with Crippen LogP contribution in [0.15, 0.2) is 18.2 Å². The molecule has 0 saturated heterocycles. The van der Waals surface area contributed by atoms with Crippen LogP contribution in [0, 0.1) is 5.82 Å². The molecule has 0 heterocycles. The first-order chi connectivity index (χ1) is 6.53. The van der Waals surface area contributed by atoms with Crippen LogP contribution in [0.1, 0.15) is 19.4 Å². The summed E-state index contributed by atoms with van der Waals surface area (Å²) in [5.41, 5.74) is -0.185.